The zero-order valence-corrected chi connectivity index (χ0v) is 6.25. The van der Waals surface area contributed by atoms with Crippen LogP contribution in [0.15, 0.2) is 24.3 Å². The van der Waals surface area contributed by atoms with Crippen molar-refractivity contribution in [2.24, 2.45) is 0 Å². The Bertz CT molecular complexity index is 238. The van der Waals surface area contributed by atoms with E-state index in [1.165, 1.54) is 6.92 Å². The molecule has 58 valence electrons. The molecule has 1 aromatic rings. The highest BCUT2D eigenvalue weighted by molar-refractivity contribution is 5.74. The zero-order valence-electron chi connectivity index (χ0n) is 6.25. The summed E-state index contributed by atoms with van der Waals surface area (Å²) in [5.74, 6) is 0. The summed E-state index contributed by atoms with van der Waals surface area (Å²) in [4.78, 5) is 10.2. The second kappa shape index (κ2) is 3.28. The van der Waals surface area contributed by atoms with Crippen LogP contribution in [0.2, 0.25) is 0 Å². The number of alkyl halides is 1. The molecule has 0 aliphatic rings. The second-order valence-electron chi connectivity index (χ2n) is 2.40. The highest BCUT2D eigenvalue weighted by atomic mass is 19.1. The van der Waals surface area contributed by atoms with Crippen molar-refractivity contribution in [1.29, 1.82) is 0 Å². The van der Waals surface area contributed by atoms with E-state index in [4.69, 9.17) is 0 Å². The zero-order chi connectivity index (χ0) is 8.27. The predicted octanol–water partition coefficient (Wildman–Crippen LogP) is 2.53. The fourth-order valence-electron chi connectivity index (χ4n) is 0.840. The van der Waals surface area contributed by atoms with Crippen LogP contribution in [0, 0.1) is 0 Å². The lowest BCUT2D eigenvalue weighted by Gasteiger charge is -2.00. The van der Waals surface area contributed by atoms with Crippen LogP contribution in [-0.2, 0) is 0 Å². The minimum absolute atomic E-state index is 0.578. The molecule has 1 aromatic carbocycles. The van der Waals surface area contributed by atoms with Gasteiger partial charge < -0.3 is 0 Å². The van der Waals surface area contributed by atoms with E-state index in [0.717, 1.165) is 6.29 Å². The molecular weight excluding hydrogens is 143 g/mol. The van der Waals surface area contributed by atoms with Gasteiger partial charge in [-0.25, -0.2) is 4.39 Å². The molecule has 0 aliphatic heterocycles. The highest BCUT2D eigenvalue weighted by Crippen LogP contribution is 2.15. The van der Waals surface area contributed by atoms with Gasteiger partial charge in [-0.1, -0.05) is 24.3 Å². The molecule has 1 atom stereocenters. The van der Waals surface area contributed by atoms with Crippen molar-refractivity contribution >= 4 is 6.29 Å². The molecule has 0 fully saturated rings. The Morgan fingerprint density at radius 1 is 1.36 bits per heavy atom. The Labute approximate surface area is 64.9 Å². The number of halogens is 1. The lowest BCUT2D eigenvalue weighted by Crippen LogP contribution is -1.85. The van der Waals surface area contributed by atoms with Crippen molar-refractivity contribution in [3.05, 3.63) is 35.4 Å². The van der Waals surface area contributed by atoms with E-state index in [2.05, 4.69) is 0 Å². The van der Waals surface area contributed by atoms with E-state index in [-0.39, 0.29) is 0 Å². The number of carbonyl (C=O) groups excluding carboxylic acids is 1. The molecule has 1 rings (SSSR count). The molecule has 0 N–H and O–H groups in total. The minimum Gasteiger partial charge on any atom is -0.298 e. The van der Waals surface area contributed by atoms with E-state index in [1.807, 2.05) is 0 Å². The molecule has 2 heteroatoms. The van der Waals surface area contributed by atoms with Gasteiger partial charge in [-0.2, -0.15) is 0 Å². The Morgan fingerprint density at radius 2 is 1.91 bits per heavy atom. The number of aldehydes is 1. The second-order valence-corrected chi connectivity index (χ2v) is 2.40. The van der Waals surface area contributed by atoms with E-state index < -0.39 is 6.17 Å². The number of carbonyl (C=O) groups is 1. The quantitative estimate of drug-likeness (QED) is 0.595. The van der Waals surface area contributed by atoms with Crippen molar-refractivity contribution in [2.45, 2.75) is 13.1 Å². The Kier molecular flexibility index (Phi) is 2.36. The van der Waals surface area contributed by atoms with Gasteiger partial charge in [0.25, 0.3) is 0 Å². The van der Waals surface area contributed by atoms with Gasteiger partial charge in [0.2, 0.25) is 0 Å². The number of benzene rings is 1. The molecule has 0 unspecified atom stereocenters. The van der Waals surface area contributed by atoms with Crippen LogP contribution in [0.25, 0.3) is 0 Å². The lowest BCUT2D eigenvalue weighted by molar-refractivity contribution is 0.112. The van der Waals surface area contributed by atoms with Gasteiger partial charge in [0, 0.05) is 5.56 Å². The largest absolute Gasteiger partial charge is 0.298 e. The van der Waals surface area contributed by atoms with Crippen LogP contribution in [0.4, 0.5) is 4.39 Å². The summed E-state index contributed by atoms with van der Waals surface area (Å²) in [6, 6.07) is 6.46. The van der Waals surface area contributed by atoms with E-state index in [1.54, 1.807) is 24.3 Å². The van der Waals surface area contributed by atoms with Crippen molar-refractivity contribution < 1.29 is 9.18 Å². The summed E-state index contributed by atoms with van der Waals surface area (Å²) < 4.78 is 12.6. The van der Waals surface area contributed by atoms with Gasteiger partial charge in [-0.05, 0) is 12.5 Å². The van der Waals surface area contributed by atoms with Crippen molar-refractivity contribution in [3.63, 3.8) is 0 Å². The summed E-state index contributed by atoms with van der Waals surface area (Å²) in [5.41, 5.74) is 1.19. The van der Waals surface area contributed by atoms with Crippen LogP contribution in [0.1, 0.15) is 29.0 Å². The molecular formula is C9H9FO. The Hall–Kier alpha value is -1.18. The Balaban J connectivity index is 2.91. The van der Waals surface area contributed by atoms with Crippen LogP contribution in [-0.4, -0.2) is 6.29 Å². The van der Waals surface area contributed by atoms with Gasteiger partial charge in [-0.15, -0.1) is 0 Å². The molecule has 0 heterocycles. The molecule has 0 saturated heterocycles. The summed E-state index contributed by atoms with van der Waals surface area (Å²) >= 11 is 0. The topological polar surface area (TPSA) is 17.1 Å². The molecule has 11 heavy (non-hydrogen) atoms. The van der Waals surface area contributed by atoms with Gasteiger partial charge in [0.05, 0.1) is 0 Å². The molecule has 1 nitrogen and oxygen atoms in total. The molecule has 0 saturated carbocycles. The molecule has 0 radical (unpaired) electrons. The maximum absolute atomic E-state index is 12.6. The summed E-state index contributed by atoms with van der Waals surface area (Å²) in [6.07, 6.45) is -0.220. The van der Waals surface area contributed by atoms with E-state index in [9.17, 15) is 9.18 Å². The summed E-state index contributed by atoms with van der Waals surface area (Å²) in [5, 5.41) is 0. The molecule has 0 aliphatic carbocycles. The van der Waals surface area contributed by atoms with Gasteiger partial charge >= 0.3 is 0 Å². The first-order valence-electron chi connectivity index (χ1n) is 3.43. The molecule has 0 spiro atoms. The molecule has 0 aromatic heterocycles. The summed E-state index contributed by atoms with van der Waals surface area (Å²) in [6.45, 7) is 1.47. The van der Waals surface area contributed by atoms with Crippen LogP contribution >= 0.6 is 0 Å². The van der Waals surface area contributed by atoms with Gasteiger partial charge in [0.15, 0.2) is 0 Å². The third-order valence-electron chi connectivity index (χ3n) is 1.53. The smallest absolute Gasteiger partial charge is 0.150 e. The van der Waals surface area contributed by atoms with Crippen molar-refractivity contribution in [3.8, 4) is 0 Å². The average Bonchev–Trinajstić information content (AvgIpc) is 2.05. The van der Waals surface area contributed by atoms with Crippen LogP contribution in [0.3, 0.4) is 0 Å². The molecule has 0 amide bonds. The molecule has 0 bridgehead atoms. The van der Waals surface area contributed by atoms with Gasteiger partial charge in [-0.3, -0.25) is 4.79 Å². The lowest BCUT2D eigenvalue weighted by atomic mass is 10.1. The van der Waals surface area contributed by atoms with E-state index >= 15 is 0 Å². The number of hydrogen-bond acceptors (Lipinski definition) is 1. The first kappa shape index (κ1) is 7.92. The third-order valence-corrected chi connectivity index (χ3v) is 1.53. The minimum atomic E-state index is -0.962. The van der Waals surface area contributed by atoms with Crippen molar-refractivity contribution in [2.75, 3.05) is 0 Å². The third kappa shape index (κ3) is 1.87. The number of rotatable bonds is 2. The average molecular weight is 152 g/mol. The predicted molar refractivity (Wildman–Crippen MR) is 41.4 cm³/mol. The standard InChI is InChI=1S/C9H9FO/c1-7(10)9-4-2-8(6-11)3-5-9/h2-7H,1H3/t7-/m1/s1. The van der Waals surface area contributed by atoms with Gasteiger partial charge in [0.1, 0.15) is 12.5 Å². The first-order chi connectivity index (χ1) is 5.24. The number of hydrogen-bond donors (Lipinski definition) is 0. The van der Waals surface area contributed by atoms with Crippen molar-refractivity contribution in [1.82, 2.24) is 0 Å². The van der Waals surface area contributed by atoms with Crippen LogP contribution in [0.5, 0.6) is 0 Å². The first-order valence-corrected chi connectivity index (χ1v) is 3.43. The Morgan fingerprint density at radius 3 is 2.27 bits per heavy atom. The normalized spacial score (nSPS) is 12.5. The highest BCUT2D eigenvalue weighted by Gasteiger charge is 2.00. The fraction of sp³-hybridized carbons (Fsp3) is 0.222. The summed E-state index contributed by atoms with van der Waals surface area (Å²) in [7, 11) is 0. The monoisotopic (exact) mass is 152 g/mol. The maximum atomic E-state index is 12.6. The van der Waals surface area contributed by atoms with Crippen LogP contribution < -0.4 is 0 Å². The SMILES string of the molecule is C[C@@H](F)c1ccc(C=O)cc1. The fourth-order valence-corrected chi connectivity index (χ4v) is 0.840. The van der Waals surface area contributed by atoms with E-state index in [0.29, 0.717) is 11.1 Å². The maximum Gasteiger partial charge on any atom is 0.150 e.